The third-order valence-electron chi connectivity index (χ3n) is 10.1. The highest BCUT2D eigenvalue weighted by Crippen LogP contribution is 2.40. The summed E-state index contributed by atoms with van der Waals surface area (Å²) < 4.78 is 57.8. The first kappa shape index (κ1) is 43.2. The van der Waals surface area contributed by atoms with E-state index >= 15 is 0 Å². The number of amides is 1. The summed E-state index contributed by atoms with van der Waals surface area (Å²) in [6.07, 6.45) is 8.72. The van der Waals surface area contributed by atoms with E-state index in [4.69, 9.17) is 51.9 Å². The van der Waals surface area contributed by atoms with Crippen LogP contribution in [0.3, 0.4) is 0 Å². The lowest BCUT2D eigenvalue weighted by atomic mass is 9.89. The van der Waals surface area contributed by atoms with Gasteiger partial charge in [0.1, 0.15) is 30.2 Å². The summed E-state index contributed by atoms with van der Waals surface area (Å²) in [4.78, 5) is 51.7. The van der Waals surface area contributed by atoms with Gasteiger partial charge in [0.05, 0.1) is 48.7 Å². The van der Waals surface area contributed by atoms with Crippen LogP contribution in [0.25, 0.3) is 0 Å². The maximum Gasteiger partial charge on any atom is 0.320 e. The van der Waals surface area contributed by atoms with Crippen LogP contribution in [-0.4, -0.2) is 130 Å². The Morgan fingerprint density at radius 3 is 2.32 bits per heavy atom. The summed E-state index contributed by atoms with van der Waals surface area (Å²) >= 11 is 12.4. The Bertz CT molecular complexity index is 2080. The van der Waals surface area contributed by atoms with Crippen LogP contribution in [0.5, 0.6) is 0 Å². The van der Waals surface area contributed by atoms with E-state index in [1.165, 1.54) is 55.9 Å². The predicted octanol–water partition coefficient (Wildman–Crippen LogP) is 4.69. The number of fused-ring (bicyclic) bond motifs is 1. The summed E-state index contributed by atoms with van der Waals surface area (Å²) in [6.45, 7) is 3.88. The van der Waals surface area contributed by atoms with Gasteiger partial charge in [-0.3, -0.25) is 24.2 Å². The monoisotopic (exact) mass is 871 g/mol. The molecule has 60 heavy (non-hydrogen) atoms. The van der Waals surface area contributed by atoms with Gasteiger partial charge in [0.25, 0.3) is 0 Å². The molecule has 320 valence electrons. The largest absolute Gasteiger partial charge is 0.492 e. The molecule has 19 heteroatoms. The number of hydrogen-bond acceptors (Lipinski definition) is 14. The van der Waals surface area contributed by atoms with Crippen molar-refractivity contribution < 1.29 is 46.8 Å². The average Bonchev–Trinajstić information content (AvgIpc) is 4.02. The molecular formula is C41H45Cl2F2N7O8. The third-order valence-corrected chi connectivity index (χ3v) is 10.7. The van der Waals surface area contributed by atoms with Gasteiger partial charge in [-0.25, -0.2) is 18.8 Å². The number of nitrogens with zero attached hydrogens (tertiary/aromatic N) is 4. The summed E-state index contributed by atoms with van der Waals surface area (Å²) in [5.74, 6) is -3.79. The first-order valence-corrected chi connectivity index (χ1v) is 20.2. The molecule has 1 amide bonds. The van der Waals surface area contributed by atoms with Crippen molar-refractivity contribution in [3.05, 3.63) is 93.7 Å². The molecule has 15 nitrogen and oxygen atoms in total. The van der Waals surface area contributed by atoms with E-state index in [1.807, 2.05) is 9.80 Å². The Balaban J connectivity index is 1.27. The maximum atomic E-state index is 14.4. The van der Waals surface area contributed by atoms with E-state index in [2.05, 4.69) is 20.9 Å². The lowest BCUT2D eigenvalue weighted by molar-refractivity contribution is -0.161. The van der Waals surface area contributed by atoms with Crippen molar-refractivity contribution in [1.29, 1.82) is 0 Å². The molecular weight excluding hydrogens is 827 g/mol. The highest BCUT2D eigenvalue weighted by molar-refractivity contribution is 6.31. The zero-order valence-electron chi connectivity index (χ0n) is 32.9. The molecule has 3 heterocycles. The minimum absolute atomic E-state index is 0.000574. The highest BCUT2D eigenvalue weighted by atomic mass is 35.5. The highest BCUT2D eigenvalue weighted by Gasteiger charge is 2.48. The molecule has 0 bridgehead atoms. The number of esters is 2. The molecule has 1 unspecified atom stereocenters. The van der Waals surface area contributed by atoms with Gasteiger partial charge < -0.3 is 39.6 Å². The van der Waals surface area contributed by atoms with Crippen molar-refractivity contribution in [3.8, 4) is 0 Å². The van der Waals surface area contributed by atoms with Crippen LogP contribution in [0.1, 0.15) is 19.8 Å². The van der Waals surface area contributed by atoms with E-state index in [-0.39, 0.29) is 67.3 Å². The topological polar surface area (TPSA) is 165 Å². The first-order chi connectivity index (χ1) is 28.8. The van der Waals surface area contributed by atoms with Crippen molar-refractivity contribution in [2.45, 2.75) is 43.5 Å². The van der Waals surface area contributed by atoms with Crippen LogP contribution in [0.15, 0.2) is 82.0 Å². The van der Waals surface area contributed by atoms with Crippen molar-refractivity contribution >= 4 is 64.5 Å². The zero-order chi connectivity index (χ0) is 42.4. The van der Waals surface area contributed by atoms with Gasteiger partial charge in [0.15, 0.2) is 5.76 Å². The normalized spacial score (nSPS) is 24.1. The number of benzene rings is 2. The second-order valence-electron chi connectivity index (χ2n) is 15.1. The van der Waals surface area contributed by atoms with Crippen molar-refractivity contribution in [1.82, 2.24) is 15.1 Å². The van der Waals surface area contributed by atoms with Gasteiger partial charge in [0.2, 0.25) is 17.4 Å². The smallest absolute Gasteiger partial charge is 0.320 e. The molecule has 3 N–H and O–H groups in total. The van der Waals surface area contributed by atoms with Gasteiger partial charge in [0, 0.05) is 62.4 Å². The number of aliphatic imine (C=N–C) groups is 2. The fraction of sp³-hybridized carbons (Fsp3) is 0.439. The first-order valence-electron chi connectivity index (χ1n) is 19.4. The number of methoxy groups -OCH3 is 1. The van der Waals surface area contributed by atoms with Gasteiger partial charge >= 0.3 is 11.9 Å². The number of cyclic esters (lactones) is 2. The number of nitrogens with one attached hydrogen (secondary N) is 3. The molecule has 2 aliphatic carbocycles. The number of rotatable bonds is 17. The standard InChI is InChI=1S/C41H45Cl2F2N7O8/c1-25-18-52(20-38(54)59-25)12-13-58-40(50-37(53)4-3-11-51-19-29(23-56-2)60-39(55)21-51)17-30-35(16-36(40)57-22-26-5-6-26)46-24-47-41(30,48-27-7-9-33(44)31(42)14-27)49-28-8-10-34(45)32(43)15-28/h3-4,7-10,14-17,24-26,29,48-49H,5-6,11-13,18-23H2,1-2H3,(H,50,53)/t25-,29+,40?/m0/s1. The summed E-state index contributed by atoms with van der Waals surface area (Å²) in [7, 11) is 1.52. The average molecular weight is 873 g/mol. The molecule has 0 radical (unpaired) electrons. The Morgan fingerprint density at radius 2 is 1.67 bits per heavy atom. The minimum Gasteiger partial charge on any atom is -0.492 e. The fourth-order valence-corrected chi connectivity index (χ4v) is 7.50. The van der Waals surface area contributed by atoms with Crippen LogP contribution in [0.2, 0.25) is 10.0 Å². The lowest BCUT2D eigenvalue weighted by Gasteiger charge is -2.43. The van der Waals surface area contributed by atoms with Gasteiger partial charge in [-0.05, 0) is 68.2 Å². The summed E-state index contributed by atoms with van der Waals surface area (Å²) in [6, 6.07) is 8.07. The van der Waals surface area contributed by atoms with Crippen molar-refractivity contribution in [2.24, 2.45) is 15.9 Å². The quantitative estimate of drug-likeness (QED) is 0.114. The Morgan fingerprint density at radius 1 is 0.983 bits per heavy atom. The Kier molecular flexibility index (Phi) is 13.5. The van der Waals surface area contributed by atoms with Gasteiger partial charge in [-0.15, -0.1) is 0 Å². The molecule has 2 aromatic rings. The molecule has 3 aliphatic heterocycles. The van der Waals surface area contributed by atoms with Gasteiger partial charge in [-0.2, -0.15) is 0 Å². The molecule has 3 fully saturated rings. The molecule has 0 aromatic heterocycles. The van der Waals surface area contributed by atoms with Crippen LogP contribution in [0.4, 0.5) is 20.2 Å². The maximum absolute atomic E-state index is 14.4. The van der Waals surface area contributed by atoms with Gasteiger partial charge in [-0.1, -0.05) is 29.3 Å². The Hall–Kier alpha value is -4.91. The van der Waals surface area contributed by atoms with Crippen LogP contribution >= 0.6 is 23.2 Å². The SMILES string of the molecule is COC[C@H]1CN(CC=CC(=O)NC2(OCCN3CC(=O)O[C@@H](C)C3)C=C3C(=NC=NC3(Nc3ccc(F)c(Cl)c3)Nc3ccc(F)c(Cl)c3)C=C2OCC2CC2)CC(=O)O1. The zero-order valence-corrected chi connectivity index (χ0v) is 34.4. The number of halogens is 4. The van der Waals surface area contributed by atoms with E-state index in [9.17, 15) is 23.2 Å². The molecule has 2 saturated heterocycles. The molecule has 3 atom stereocenters. The number of carbonyl (C=O) groups is 3. The lowest BCUT2D eigenvalue weighted by Crippen LogP contribution is -2.58. The molecule has 7 rings (SSSR count). The molecule has 1 saturated carbocycles. The van der Waals surface area contributed by atoms with E-state index < -0.39 is 41.1 Å². The molecule has 5 aliphatic rings. The van der Waals surface area contributed by atoms with Crippen LogP contribution in [0, 0.1) is 17.6 Å². The number of hydrogen-bond donors (Lipinski definition) is 3. The van der Waals surface area contributed by atoms with Crippen molar-refractivity contribution in [3.63, 3.8) is 0 Å². The number of anilines is 2. The number of carbonyl (C=O) groups excluding carboxylic acids is 3. The second kappa shape index (κ2) is 18.8. The summed E-state index contributed by atoms with van der Waals surface area (Å²) in [5.41, 5.74) is -0.468. The third kappa shape index (κ3) is 10.7. The summed E-state index contributed by atoms with van der Waals surface area (Å²) in [5, 5.41) is 9.31. The number of ether oxygens (including phenoxy) is 5. The Labute approximate surface area is 355 Å². The molecule has 0 spiro atoms. The second-order valence-corrected chi connectivity index (χ2v) is 15.9. The van der Waals surface area contributed by atoms with Crippen LogP contribution < -0.4 is 16.0 Å². The number of allylic oxidation sites excluding steroid dienone is 1. The number of morpholine rings is 2. The van der Waals surface area contributed by atoms with E-state index in [0.29, 0.717) is 48.3 Å². The van der Waals surface area contributed by atoms with E-state index in [0.717, 1.165) is 12.8 Å². The fourth-order valence-electron chi connectivity index (χ4n) is 7.14. The minimum atomic E-state index is -1.81. The van der Waals surface area contributed by atoms with Crippen LogP contribution in [-0.2, 0) is 38.1 Å². The van der Waals surface area contributed by atoms with E-state index in [1.54, 1.807) is 25.2 Å². The molecule has 2 aromatic carbocycles. The predicted molar refractivity (Wildman–Crippen MR) is 220 cm³/mol. The van der Waals surface area contributed by atoms with Crippen molar-refractivity contribution in [2.75, 3.05) is 76.8 Å².